The summed E-state index contributed by atoms with van der Waals surface area (Å²) in [7, 11) is 0. The molecule has 0 aliphatic rings. The maximum Gasteiger partial charge on any atom is 0.272 e. The van der Waals surface area contributed by atoms with Crippen LogP contribution in [0, 0.1) is 39.9 Å². The van der Waals surface area contributed by atoms with E-state index in [4.69, 9.17) is 9.84 Å². The minimum atomic E-state index is -0.533. The molecule has 0 aliphatic heterocycles. The summed E-state index contributed by atoms with van der Waals surface area (Å²) in [6, 6.07) is 26.5. The van der Waals surface area contributed by atoms with Gasteiger partial charge in [0.15, 0.2) is 0 Å². The van der Waals surface area contributed by atoms with Gasteiger partial charge in [-0.05, 0) is 74.5 Å². The molecule has 224 valence electrons. The molecule has 2 heterocycles. The fourth-order valence-electron chi connectivity index (χ4n) is 4.02. The Morgan fingerprint density at radius 1 is 0.682 bits per heavy atom. The number of ether oxygens (including phenoxy) is 1. The van der Waals surface area contributed by atoms with E-state index >= 15 is 0 Å². The lowest BCUT2D eigenvalue weighted by Crippen LogP contribution is -1.92. The van der Waals surface area contributed by atoms with Crippen molar-refractivity contribution in [2.24, 2.45) is 0 Å². The van der Waals surface area contributed by atoms with Crippen molar-refractivity contribution in [3.8, 4) is 17.2 Å². The van der Waals surface area contributed by atoms with Crippen LogP contribution in [-0.4, -0.2) is 24.9 Å². The predicted octanol–water partition coefficient (Wildman–Crippen LogP) is 8.86. The molecular formula is C33H29FN4O6. The van der Waals surface area contributed by atoms with E-state index in [1.807, 2.05) is 48.5 Å². The van der Waals surface area contributed by atoms with E-state index in [1.165, 1.54) is 13.0 Å². The van der Waals surface area contributed by atoms with Gasteiger partial charge < -0.3 is 9.84 Å². The van der Waals surface area contributed by atoms with Crippen molar-refractivity contribution in [3.63, 3.8) is 0 Å². The molecule has 0 unspecified atom stereocenters. The Balaban J connectivity index is 0.000000195. The third-order valence-corrected chi connectivity index (χ3v) is 6.12. The fraction of sp³-hybridized carbons (Fsp3) is 0.0909. The summed E-state index contributed by atoms with van der Waals surface area (Å²) in [5.41, 5.74) is 2.61. The number of fused-ring (bicyclic) bond motifs is 2. The summed E-state index contributed by atoms with van der Waals surface area (Å²) in [5, 5.41) is 32.2. The number of aromatic nitrogens is 2. The topological polar surface area (TPSA) is 142 Å². The maximum absolute atomic E-state index is 12.4. The molecule has 2 aromatic heterocycles. The van der Waals surface area contributed by atoms with Gasteiger partial charge in [-0.25, -0.2) is 4.39 Å². The number of nitro groups is 2. The lowest BCUT2D eigenvalue weighted by molar-refractivity contribution is -0.385. The number of hydrogen-bond donors (Lipinski definition) is 1. The Hall–Kier alpha value is -5.97. The van der Waals surface area contributed by atoms with Crippen LogP contribution < -0.4 is 4.74 Å². The molecule has 1 N–H and O–H groups in total. The first-order valence-electron chi connectivity index (χ1n) is 12.8. The summed E-state index contributed by atoms with van der Waals surface area (Å²) >= 11 is 0. The van der Waals surface area contributed by atoms with Crippen LogP contribution in [0.5, 0.6) is 17.2 Å². The number of rotatable bonds is 4. The maximum atomic E-state index is 12.4. The number of nitro benzene ring substituents is 2. The minimum absolute atomic E-state index is 0. The Morgan fingerprint density at radius 2 is 1.18 bits per heavy atom. The Bertz CT molecular complexity index is 1930. The number of pyridine rings is 2. The average molecular weight is 597 g/mol. The first-order valence-corrected chi connectivity index (χ1v) is 12.8. The molecule has 0 bridgehead atoms. The highest BCUT2D eigenvalue weighted by molar-refractivity contribution is 5.80. The van der Waals surface area contributed by atoms with Gasteiger partial charge in [-0.3, -0.25) is 30.2 Å². The summed E-state index contributed by atoms with van der Waals surface area (Å²) < 4.78 is 18.1. The van der Waals surface area contributed by atoms with Crippen LogP contribution >= 0.6 is 0 Å². The second-order valence-electron chi connectivity index (χ2n) is 9.23. The van der Waals surface area contributed by atoms with E-state index in [9.17, 15) is 24.6 Å². The lowest BCUT2D eigenvalue weighted by Gasteiger charge is -2.07. The number of aryl methyl sites for hydroxylation is 2. The summed E-state index contributed by atoms with van der Waals surface area (Å²) in [5.74, 6) is 1.02. The fourth-order valence-corrected chi connectivity index (χ4v) is 4.02. The summed E-state index contributed by atoms with van der Waals surface area (Å²) in [4.78, 5) is 28.4. The quantitative estimate of drug-likeness (QED) is 0.157. The van der Waals surface area contributed by atoms with Gasteiger partial charge in [0.25, 0.3) is 11.4 Å². The van der Waals surface area contributed by atoms with E-state index in [0.717, 1.165) is 40.0 Å². The van der Waals surface area contributed by atoms with Gasteiger partial charge in [0, 0.05) is 58.6 Å². The second kappa shape index (κ2) is 14.8. The molecule has 6 rings (SSSR count). The Kier molecular flexibility index (Phi) is 10.9. The molecule has 0 saturated heterocycles. The predicted molar refractivity (Wildman–Crippen MR) is 168 cm³/mol. The Morgan fingerprint density at radius 3 is 1.75 bits per heavy atom. The monoisotopic (exact) mass is 596 g/mol. The van der Waals surface area contributed by atoms with E-state index in [1.54, 1.807) is 43.6 Å². The molecule has 10 nitrogen and oxygen atoms in total. The number of phenols is 1. The molecule has 0 atom stereocenters. The first kappa shape index (κ1) is 32.5. The molecule has 0 aliphatic carbocycles. The van der Waals surface area contributed by atoms with Crippen molar-refractivity contribution in [3.05, 3.63) is 147 Å². The molecule has 4 aromatic carbocycles. The van der Waals surface area contributed by atoms with Crippen molar-refractivity contribution in [1.29, 1.82) is 0 Å². The van der Waals surface area contributed by atoms with Gasteiger partial charge >= 0.3 is 0 Å². The van der Waals surface area contributed by atoms with Crippen LogP contribution in [0.15, 0.2) is 109 Å². The van der Waals surface area contributed by atoms with Crippen molar-refractivity contribution in [1.82, 2.24) is 9.97 Å². The number of nitrogens with zero attached hydrogens (tertiary/aromatic N) is 4. The van der Waals surface area contributed by atoms with Crippen LogP contribution in [0.2, 0.25) is 0 Å². The number of phenolic OH excluding ortho intramolecular Hbond substituents is 1. The third kappa shape index (κ3) is 8.52. The molecular weight excluding hydrogens is 567 g/mol. The summed E-state index contributed by atoms with van der Waals surface area (Å²) in [6.45, 7) is 3.19. The highest BCUT2D eigenvalue weighted by Gasteiger charge is 2.11. The molecule has 0 amide bonds. The van der Waals surface area contributed by atoms with Gasteiger partial charge in [0.1, 0.15) is 23.1 Å². The Labute approximate surface area is 252 Å². The van der Waals surface area contributed by atoms with Gasteiger partial charge in [-0.15, -0.1) is 0 Å². The zero-order valence-corrected chi connectivity index (χ0v) is 23.0. The SMILES string of the molecule is C.Cc1cc(F)ccc1[N+](=O)[O-].Cc1cc(Oc2ccc3cccnc3c2)ccc1[N+](=O)[O-].Oc1ccc2cccnc2c1. The highest BCUT2D eigenvalue weighted by atomic mass is 19.1. The summed E-state index contributed by atoms with van der Waals surface area (Å²) in [6.07, 6.45) is 3.43. The molecule has 6 aromatic rings. The average Bonchev–Trinajstić information content (AvgIpc) is 2.97. The van der Waals surface area contributed by atoms with Crippen molar-refractivity contribution < 1.29 is 24.1 Å². The smallest absolute Gasteiger partial charge is 0.272 e. The zero-order chi connectivity index (χ0) is 30.9. The van der Waals surface area contributed by atoms with Crippen LogP contribution in [-0.2, 0) is 0 Å². The first-order chi connectivity index (χ1) is 20.6. The van der Waals surface area contributed by atoms with Gasteiger partial charge in [-0.2, -0.15) is 0 Å². The van der Waals surface area contributed by atoms with E-state index < -0.39 is 15.7 Å². The normalized spacial score (nSPS) is 9.98. The van der Waals surface area contributed by atoms with Crippen LogP contribution in [0.1, 0.15) is 18.6 Å². The van der Waals surface area contributed by atoms with Crippen molar-refractivity contribution in [2.75, 3.05) is 0 Å². The van der Waals surface area contributed by atoms with Crippen molar-refractivity contribution in [2.45, 2.75) is 21.3 Å². The number of benzene rings is 4. The largest absolute Gasteiger partial charge is 0.508 e. The molecule has 0 fully saturated rings. The standard InChI is InChI=1S/C16H12N2O3.C9H7NO.C7H6FNO2.CH4/c1-11-9-13(6-7-16(11)18(19)20)21-14-5-4-12-3-2-8-17-15(12)10-14;11-8-4-3-7-2-1-5-10-9(7)6-8;1-5-4-6(8)2-3-7(5)9(10)11;/h2-10H,1H3;1-6,11H;2-4H,1H3;1H4. The minimum Gasteiger partial charge on any atom is -0.508 e. The zero-order valence-electron chi connectivity index (χ0n) is 23.0. The molecule has 11 heteroatoms. The number of aromatic hydroxyl groups is 1. The molecule has 0 spiro atoms. The van der Waals surface area contributed by atoms with Gasteiger partial charge in [0.2, 0.25) is 0 Å². The van der Waals surface area contributed by atoms with Crippen LogP contribution in [0.25, 0.3) is 21.8 Å². The third-order valence-electron chi connectivity index (χ3n) is 6.12. The molecule has 0 saturated carbocycles. The van der Waals surface area contributed by atoms with Crippen LogP contribution in [0.3, 0.4) is 0 Å². The molecule has 44 heavy (non-hydrogen) atoms. The van der Waals surface area contributed by atoms with E-state index in [0.29, 0.717) is 22.6 Å². The van der Waals surface area contributed by atoms with Crippen molar-refractivity contribution >= 4 is 33.2 Å². The lowest BCUT2D eigenvalue weighted by atomic mass is 10.2. The van der Waals surface area contributed by atoms with E-state index in [-0.39, 0.29) is 24.6 Å². The highest BCUT2D eigenvalue weighted by Crippen LogP contribution is 2.28. The van der Waals surface area contributed by atoms with Gasteiger partial charge in [-0.1, -0.05) is 19.6 Å². The number of halogens is 1. The second-order valence-corrected chi connectivity index (χ2v) is 9.23. The van der Waals surface area contributed by atoms with Gasteiger partial charge in [0.05, 0.1) is 20.9 Å². The number of hydrogen-bond acceptors (Lipinski definition) is 8. The van der Waals surface area contributed by atoms with Crippen LogP contribution in [0.4, 0.5) is 15.8 Å². The van der Waals surface area contributed by atoms with E-state index in [2.05, 4.69) is 9.97 Å². The molecule has 0 radical (unpaired) electrons.